The summed E-state index contributed by atoms with van der Waals surface area (Å²) in [7, 11) is 3.17. The smallest absolute Gasteiger partial charge is 0.325 e. The van der Waals surface area contributed by atoms with E-state index in [0.717, 1.165) is 34.1 Å². The van der Waals surface area contributed by atoms with E-state index in [4.69, 9.17) is 9.47 Å². The predicted octanol–water partition coefficient (Wildman–Crippen LogP) is 3.99. The second kappa shape index (κ2) is 9.18. The van der Waals surface area contributed by atoms with Gasteiger partial charge in [0.15, 0.2) is 0 Å². The van der Waals surface area contributed by atoms with Crippen LogP contribution in [0.4, 0.5) is 4.79 Å². The van der Waals surface area contributed by atoms with Crippen molar-refractivity contribution >= 4 is 28.6 Å². The summed E-state index contributed by atoms with van der Waals surface area (Å²) in [6.45, 7) is 1.91. The van der Waals surface area contributed by atoms with Gasteiger partial charge in [-0.1, -0.05) is 36.4 Å². The number of nitrogens with zero attached hydrogens (tertiary/aromatic N) is 2. The minimum absolute atomic E-state index is 0.203. The third-order valence-electron chi connectivity index (χ3n) is 7.27. The number of urea groups is 1. The zero-order valence-electron chi connectivity index (χ0n) is 20.6. The van der Waals surface area contributed by atoms with Crippen molar-refractivity contribution in [3.63, 3.8) is 0 Å². The number of benzene rings is 3. The van der Waals surface area contributed by atoms with Crippen LogP contribution in [0.1, 0.15) is 36.9 Å². The number of rotatable bonds is 6. The van der Waals surface area contributed by atoms with Gasteiger partial charge in [-0.05, 0) is 54.3 Å². The van der Waals surface area contributed by atoms with Gasteiger partial charge in [-0.2, -0.15) is 0 Å². The molecule has 2 aliphatic heterocycles. The molecule has 2 fully saturated rings. The first-order chi connectivity index (χ1) is 17.4. The zero-order chi connectivity index (χ0) is 25.4. The Kier molecular flexibility index (Phi) is 6.04. The highest BCUT2D eigenvalue weighted by Gasteiger charge is 2.50. The third kappa shape index (κ3) is 3.92. The molecule has 2 unspecified atom stereocenters. The summed E-state index contributed by atoms with van der Waals surface area (Å²) in [5, 5.41) is 4.83. The highest BCUT2D eigenvalue weighted by Crippen LogP contribution is 2.39. The number of hydrogen-bond acceptors (Lipinski definition) is 5. The highest BCUT2D eigenvalue weighted by molar-refractivity contribution is 6.09. The Balaban J connectivity index is 1.37. The Morgan fingerprint density at radius 3 is 2.56 bits per heavy atom. The van der Waals surface area contributed by atoms with Gasteiger partial charge in [0.2, 0.25) is 5.91 Å². The topological polar surface area (TPSA) is 88.2 Å². The van der Waals surface area contributed by atoms with Crippen molar-refractivity contribution in [1.82, 2.24) is 15.1 Å². The number of likely N-dealkylation sites (tertiary alicyclic amines) is 1. The van der Waals surface area contributed by atoms with Crippen LogP contribution in [0.5, 0.6) is 11.5 Å². The Morgan fingerprint density at radius 1 is 1.03 bits per heavy atom. The zero-order valence-corrected chi connectivity index (χ0v) is 20.6. The quantitative estimate of drug-likeness (QED) is 0.532. The number of carbonyl (C=O) groups is 3. The van der Waals surface area contributed by atoms with Crippen LogP contribution >= 0.6 is 0 Å². The number of nitrogens with one attached hydrogen (secondary N) is 1. The van der Waals surface area contributed by atoms with Gasteiger partial charge in [0.1, 0.15) is 23.6 Å². The number of carbonyl (C=O) groups excluding carboxylic acids is 3. The molecule has 0 bridgehead atoms. The molecule has 2 atom stereocenters. The summed E-state index contributed by atoms with van der Waals surface area (Å²) >= 11 is 0. The van der Waals surface area contributed by atoms with Crippen molar-refractivity contribution in [2.24, 2.45) is 0 Å². The van der Waals surface area contributed by atoms with Crippen molar-refractivity contribution in [3.05, 3.63) is 71.8 Å². The minimum atomic E-state index is -1.25. The molecule has 8 heteroatoms. The monoisotopic (exact) mass is 487 g/mol. The third-order valence-corrected chi connectivity index (χ3v) is 7.27. The molecule has 1 N–H and O–H groups in total. The first-order valence-electron chi connectivity index (χ1n) is 12.0. The Morgan fingerprint density at radius 2 is 1.81 bits per heavy atom. The molecule has 2 saturated heterocycles. The molecule has 4 amide bonds. The second-order valence-corrected chi connectivity index (χ2v) is 9.36. The number of ether oxygens (including phenoxy) is 2. The van der Waals surface area contributed by atoms with E-state index in [1.807, 2.05) is 54.6 Å². The van der Waals surface area contributed by atoms with Crippen LogP contribution in [0.15, 0.2) is 60.7 Å². The standard InChI is InChI=1S/C28H29N3O5/c1-28(20-11-10-18-7-4-5-8-19(18)15-20)26(33)31(27(34)29-28)17-25(32)30-14-6-9-23(30)22-13-12-21(35-2)16-24(22)36-3/h4-5,7-8,10-13,15-16,23H,6,9,14,17H2,1-3H3,(H,29,34). The number of fused-ring (bicyclic) bond motifs is 1. The largest absolute Gasteiger partial charge is 0.497 e. The van der Waals surface area contributed by atoms with Crippen LogP contribution in [0.3, 0.4) is 0 Å². The van der Waals surface area contributed by atoms with Crippen molar-refractivity contribution in [1.29, 1.82) is 0 Å². The molecule has 8 nitrogen and oxygen atoms in total. The van der Waals surface area contributed by atoms with E-state index in [1.54, 1.807) is 32.1 Å². The summed E-state index contributed by atoms with van der Waals surface area (Å²) in [6, 6.07) is 18.3. The summed E-state index contributed by atoms with van der Waals surface area (Å²) < 4.78 is 10.8. The molecule has 3 aromatic carbocycles. The van der Waals surface area contributed by atoms with Crippen LogP contribution < -0.4 is 14.8 Å². The number of amides is 4. The fraction of sp³-hybridized carbons (Fsp3) is 0.321. The number of hydrogen-bond donors (Lipinski definition) is 1. The molecule has 2 aliphatic rings. The van der Waals surface area contributed by atoms with Crippen LogP contribution in [0.2, 0.25) is 0 Å². The van der Waals surface area contributed by atoms with Gasteiger partial charge in [0.25, 0.3) is 5.91 Å². The van der Waals surface area contributed by atoms with Crippen LogP contribution in [-0.4, -0.2) is 55.0 Å². The summed E-state index contributed by atoms with van der Waals surface area (Å²) in [6.07, 6.45) is 1.59. The van der Waals surface area contributed by atoms with E-state index in [1.165, 1.54) is 0 Å². The van der Waals surface area contributed by atoms with Gasteiger partial charge >= 0.3 is 6.03 Å². The lowest BCUT2D eigenvalue weighted by atomic mass is 9.90. The Labute approximate surface area is 209 Å². The van der Waals surface area contributed by atoms with Crippen LogP contribution in [0.25, 0.3) is 10.8 Å². The second-order valence-electron chi connectivity index (χ2n) is 9.36. The lowest BCUT2D eigenvalue weighted by Gasteiger charge is -2.28. The summed E-state index contributed by atoms with van der Waals surface area (Å²) in [4.78, 5) is 42.6. The molecule has 2 heterocycles. The fourth-order valence-corrected chi connectivity index (χ4v) is 5.24. The van der Waals surface area contributed by atoms with Crippen molar-refractivity contribution in [2.45, 2.75) is 31.3 Å². The summed E-state index contributed by atoms with van der Waals surface area (Å²) in [5.41, 5.74) is 0.309. The van der Waals surface area contributed by atoms with Crippen molar-refractivity contribution < 1.29 is 23.9 Å². The maximum absolute atomic E-state index is 13.5. The maximum atomic E-state index is 13.5. The van der Waals surface area contributed by atoms with Gasteiger partial charge in [0.05, 0.1) is 20.3 Å². The minimum Gasteiger partial charge on any atom is -0.497 e. The lowest BCUT2D eigenvalue weighted by molar-refractivity contribution is -0.139. The van der Waals surface area contributed by atoms with Crippen LogP contribution in [-0.2, 0) is 15.1 Å². The molecule has 186 valence electrons. The average molecular weight is 488 g/mol. The number of methoxy groups -OCH3 is 2. The average Bonchev–Trinajstić information content (AvgIpc) is 3.47. The highest BCUT2D eigenvalue weighted by atomic mass is 16.5. The van der Waals surface area contributed by atoms with Crippen LogP contribution in [0, 0.1) is 0 Å². The van der Waals surface area contributed by atoms with E-state index in [9.17, 15) is 14.4 Å². The molecular formula is C28H29N3O5. The van der Waals surface area contributed by atoms with Gasteiger partial charge < -0.3 is 19.7 Å². The molecular weight excluding hydrogens is 458 g/mol. The first-order valence-corrected chi connectivity index (χ1v) is 12.0. The Hall–Kier alpha value is -4.07. The lowest BCUT2D eigenvalue weighted by Crippen LogP contribution is -2.44. The van der Waals surface area contributed by atoms with E-state index in [2.05, 4.69) is 5.32 Å². The predicted molar refractivity (Wildman–Crippen MR) is 135 cm³/mol. The van der Waals surface area contributed by atoms with Crippen molar-refractivity contribution in [2.75, 3.05) is 27.3 Å². The maximum Gasteiger partial charge on any atom is 0.325 e. The first kappa shape index (κ1) is 23.7. The molecule has 5 rings (SSSR count). The molecule has 36 heavy (non-hydrogen) atoms. The van der Waals surface area contributed by atoms with Crippen molar-refractivity contribution in [3.8, 4) is 11.5 Å². The molecule has 0 aromatic heterocycles. The fourth-order valence-electron chi connectivity index (χ4n) is 5.24. The van der Waals surface area contributed by atoms with E-state index in [0.29, 0.717) is 23.6 Å². The van der Waals surface area contributed by atoms with E-state index >= 15 is 0 Å². The molecule has 0 saturated carbocycles. The SMILES string of the molecule is COc1ccc(C2CCCN2C(=O)CN2C(=O)NC(C)(c3ccc4ccccc4c3)C2=O)c(OC)c1. The van der Waals surface area contributed by atoms with Gasteiger partial charge in [-0.15, -0.1) is 0 Å². The van der Waals surface area contributed by atoms with E-state index in [-0.39, 0.29) is 18.5 Å². The summed E-state index contributed by atoms with van der Waals surface area (Å²) in [5.74, 6) is 0.590. The molecule has 0 spiro atoms. The normalized spacial score (nSPS) is 21.7. The van der Waals surface area contributed by atoms with Gasteiger partial charge in [0, 0.05) is 18.2 Å². The van der Waals surface area contributed by atoms with E-state index < -0.39 is 17.5 Å². The molecule has 0 aliphatic carbocycles. The van der Waals surface area contributed by atoms with Gasteiger partial charge in [-0.25, -0.2) is 4.79 Å². The molecule has 3 aromatic rings. The Bertz CT molecular complexity index is 1360. The number of imide groups is 1. The van der Waals surface area contributed by atoms with Gasteiger partial charge in [-0.3, -0.25) is 14.5 Å². The molecule has 0 radical (unpaired) electrons.